The number of halogens is 6. The van der Waals surface area contributed by atoms with Crippen LogP contribution in [0.15, 0.2) is 89.5 Å². The lowest BCUT2D eigenvalue weighted by molar-refractivity contribution is -0.143. The summed E-state index contributed by atoms with van der Waals surface area (Å²) in [6, 6.07) is 16.7. The largest absolute Gasteiger partial charge is 0.507 e. The summed E-state index contributed by atoms with van der Waals surface area (Å²) in [5.41, 5.74) is -0.753. The first kappa shape index (κ1) is 35.3. The molecule has 6 nitrogen and oxygen atoms in total. The van der Waals surface area contributed by atoms with Gasteiger partial charge in [0.25, 0.3) is 0 Å². The maximum absolute atomic E-state index is 14.0. The topological polar surface area (TPSA) is 76.1 Å². The summed E-state index contributed by atoms with van der Waals surface area (Å²) in [4.78, 5) is 28.3. The van der Waals surface area contributed by atoms with Crippen LogP contribution in [0.2, 0.25) is 0 Å². The number of nitrogens with zero attached hydrogens (tertiary/aromatic N) is 1. The number of anilines is 1. The Labute approximate surface area is 285 Å². The number of alkyl halides is 6. The third-order valence-corrected chi connectivity index (χ3v) is 9.59. The third kappa shape index (κ3) is 7.17. The Morgan fingerprint density at radius 1 is 0.900 bits per heavy atom. The summed E-state index contributed by atoms with van der Waals surface area (Å²) in [6.45, 7) is 2.14. The standard InChI is InChI=1S/C38H35F6NO5/c1-2-8-22(15-23-9-6-7-12-31(23)46)13-14-32-33-24(20-49-28-10-4-3-5-11-28)16-29-34(30(33)21-50-32)36(48)45(35(29)47)27-18-25(37(39,40)41)17-26(19-27)38(42,43)44/h3-7,9-12,15,17-19,29-30,32,34,46H,2,8,13-14,16,20-21H2,1H3/b22-15+/t29-,30+,32-,34-/m1/s1. The highest BCUT2D eigenvalue weighted by molar-refractivity contribution is 6.22. The van der Waals surface area contributed by atoms with Gasteiger partial charge in [-0.05, 0) is 73.2 Å². The number of amides is 2. The Hall–Kier alpha value is -4.58. The molecule has 0 saturated carbocycles. The van der Waals surface area contributed by atoms with Crippen LogP contribution in [0, 0.1) is 17.8 Å². The highest BCUT2D eigenvalue weighted by atomic mass is 19.4. The number of carbonyl (C=O) groups excluding carboxylic acids is 2. The van der Waals surface area contributed by atoms with E-state index in [2.05, 4.69) is 0 Å². The Balaban J connectivity index is 1.33. The number of para-hydroxylation sites is 2. The zero-order valence-corrected chi connectivity index (χ0v) is 27.1. The molecule has 2 heterocycles. The van der Waals surface area contributed by atoms with Gasteiger partial charge in [0.1, 0.15) is 18.1 Å². The maximum Gasteiger partial charge on any atom is 0.416 e. The molecule has 3 aromatic rings. The SMILES string of the molecule is CCC/C(=C\c1ccccc1O)CC[C@H]1OC[C@H]2C1=C(COc1ccccc1)C[C@H]1C(=O)N(c3cc(C(F)(F)F)cc(C(F)(F)F)c3)C(=O)[C@H]12. The molecule has 3 aromatic carbocycles. The average molecular weight is 700 g/mol. The predicted molar refractivity (Wildman–Crippen MR) is 173 cm³/mol. The summed E-state index contributed by atoms with van der Waals surface area (Å²) in [5, 5.41) is 10.3. The molecule has 0 radical (unpaired) electrons. The summed E-state index contributed by atoms with van der Waals surface area (Å²) >= 11 is 0. The van der Waals surface area contributed by atoms with Crippen molar-refractivity contribution in [2.45, 2.75) is 57.5 Å². The molecule has 12 heteroatoms. The van der Waals surface area contributed by atoms with E-state index < -0.39 is 64.8 Å². The number of rotatable bonds is 10. The van der Waals surface area contributed by atoms with Gasteiger partial charge in [-0.15, -0.1) is 0 Å². The van der Waals surface area contributed by atoms with Crippen molar-refractivity contribution in [3.05, 3.63) is 106 Å². The number of ether oxygens (including phenoxy) is 2. The van der Waals surface area contributed by atoms with Crippen molar-refractivity contribution in [2.24, 2.45) is 17.8 Å². The molecule has 50 heavy (non-hydrogen) atoms. The van der Waals surface area contributed by atoms with Gasteiger partial charge in [0.2, 0.25) is 11.8 Å². The second-order valence-corrected chi connectivity index (χ2v) is 12.9. The first-order chi connectivity index (χ1) is 23.8. The Morgan fingerprint density at radius 3 is 2.20 bits per heavy atom. The molecule has 3 aliphatic rings. The zero-order valence-electron chi connectivity index (χ0n) is 27.1. The van der Waals surface area contributed by atoms with Crippen LogP contribution in [0.5, 0.6) is 11.5 Å². The third-order valence-electron chi connectivity index (χ3n) is 9.59. The fourth-order valence-electron chi connectivity index (χ4n) is 7.35. The van der Waals surface area contributed by atoms with Crippen LogP contribution in [0.1, 0.15) is 55.7 Å². The number of imide groups is 1. The number of phenolic OH excluding ortho intramolecular Hbond substituents is 1. The number of fused-ring (bicyclic) bond motifs is 3. The van der Waals surface area contributed by atoms with E-state index in [1.54, 1.807) is 36.4 Å². The molecular formula is C38H35F6NO5. The van der Waals surface area contributed by atoms with E-state index >= 15 is 0 Å². The highest BCUT2D eigenvalue weighted by Crippen LogP contribution is 2.51. The van der Waals surface area contributed by atoms with Gasteiger partial charge in [-0.2, -0.15) is 26.3 Å². The van der Waals surface area contributed by atoms with Crippen molar-refractivity contribution in [3.63, 3.8) is 0 Å². The first-order valence-electron chi connectivity index (χ1n) is 16.4. The molecule has 4 atom stereocenters. The number of phenols is 1. The summed E-state index contributed by atoms with van der Waals surface area (Å²) < 4.78 is 94.7. The number of allylic oxidation sites excluding steroid dienone is 1. The van der Waals surface area contributed by atoms with Crippen LogP contribution in [0.4, 0.5) is 32.0 Å². The van der Waals surface area contributed by atoms with Crippen LogP contribution >= 0.6 is 0 Å². The van der Waals surface area contributed by atoms with Crippen molar-refractivity contribution in [3.8, 4) is 11.5 Å². The first-order valence-corrected chi connectivity index (χ1v) is 16.4. The summed E-state index contributed by atoms with van der Waals surface area (Å²) in [5.74, 6) is -3.68. The lowest BCUT2D eigenvalue weighted by atomic mass is 9.69. The predicted octanol–water partition coefficient (Wildman–Crippen LogP) is 8.99. The number of carbonyl (C=O) groups is 2. The van der Waals surface area contributed by atoms with Gasteiger partial charge in [-0.25, -0.2) is 4.90 Å². The summed E-state index contributed by atoms with van der Waals surface area (Å²) in [7, 11) is 0. The zero-order chi connectivity index (χ0) is 35.8. The molecule has 1 N–H and O–H groups in total. The van der Waals surface area contributed by atoms with Crippen molar-refractivity contribution in [1.82, 2.24) is 0 Å². The molecule has 1 aliphatic carbocycles. The van der Waals surface area contributed by atoms with Crippen LogP contribution in [-0.4, -0.2) is 36.2 Å². The van der Waals surface area contributed by atoms with Gasteiger partial charge in [0.15, 0.2) is 0 Å². The van der Waals surface area contributed by atoms with Gasteiger partial charge in [0, 0.05) is 11.5 Å². The van der Waals surface area contributed by atoms with E-state index in [-0.39, 0.29) is 31.5 Å². The Kier molecular flexibility index (Phi) is 9.85. The van der Waals surface area contributed by atoms with E-state index in [9.17, 15) is 41.0 Å². The molecule has 2 aliphatic heterocycles. The maximum atomic E-state index is 14.0. The van der Waals surface area contributed by atoms with Crippen LogP contribution in [0.25, 0.3) is 6.08 Å². The van der Waals surface area contributed by atoms with E-state index in [4.69, 9.17) is 9.47 Å². The van der Waals surface area contributed by atoms with Crippen LogP contribution in [0.3, 0.4) is 0 Å². The second kappa shape index (κ2) is 14.0. The molecule has 2 fully saturated rings. The minimum absolute atomic E-state index is 0.0317. The van der Waals surface area contributed by atoms with Crippen molar-refractivity contribution in [1.29, 1.82) is 0 Å². The van der Waals surface area contributed by atoms with Crippen molar-refractivity contribution in [2.75, 3.05) is 18.1 Å². The number of aromatic hydroxyl groups is 1. The molecule has 264 valence electrons. The quantitative estimate of drug-likeness (QED) is 0.130. The molecule has 2 saturated heterocycles. The molecule has 0 bridgehead atoms. The number of hydrogen-bond acceptors (Lipinski definition) is 5. The van der Waals surface area contributed by atoms with Crippen molar-refractivity contribution >= 4 is 23.6 Å². The molecule has 0 aromatic heterocycles. The lowest BCUT2D eigenvalue weighted by Gasteiger charge is -2.31. The van der Waals surface area contributed by atoms with Gasteiger partial charge in [-0.3, -0.25) is 9.59 Å². The van der Waals surface area contributed by atoms with Crippen LogP contribution < -0.4 is 9.64 Å². The minimum atomic E-state index is -5.15. The minimum Gasteiger partial charge on any atom is -0.507 e. The van der Waals surface area contributed by atoms with Crippen LogP contribution in [-0.2, 0) is 26.7 Å². The van der Waals surface area contributed by atoms with Gasteiger partial charge in [0.05, 0.1) is 41.4 Å². The lowest BCUT2D eigenvalue weighted by Crippen LogP contribution is -2.35. The van der Waals surface area contributed by atoms with Gasteiger partial charge >= 0.3 is 12.4 Å². The smallest absolute Gasteiger partial charge is 0.416 e. The molecule has 2 amide bonds. The van der Waals surface area contributed by atoms with Gasteiger partial charge in [-0.1, -0.05) is 61.4 Å². The second-order valence-electron chi connectivity index (χ2n) is 12.9. The average Bonchev–Trinajstić information content (AvgIpc) is 3.60. The fraction of sp³-hybridized carbons (Fsp3) is 0.368. The van der Waals surface area contributed by atoms with E-state index in [0.717, 1.165) is 24.0 Å². The van der Waals surface area contributed by atoms with Gasteiger partial charge < -0.3 is 14.6 Å². The normalized spacial score (nSPS) is 22.6. The Morgan fingerprint density at radius 2 is 1.56 bits per heavy atom. The number of hydrogen-bond donors (Lipinski definition) is 1. The number of benzene rings is 3. The molecule has 6 rings (SSSR count). The molecule has 0 unspecified atom stereocenters. The molecule has 0 spiro atoms. The molecular weight excluding hydrogens is 664 g/mol. The highest BCUT2D eigenvalue weighted by Gasteiger charge is 2.57. The fourth-order valence-corrected chi connectivity index (χ4v) is 7.35. The Bertz CT molecular complexity index is 1780. The van der Waals surface area contributed by atoms with E-state index in [1.807, 2.05) is 31.2 Å². The summed E-state index contributed by atoms with van der Waals surface area (Å²) in [6.07, 6.45) is -6.08. The monoisotopic (exact) mass is 699 g/mol. The van der Waals surface area contributed by atoms with E-state index in [1.165, 1.54) is 0 Å². The van der Waals surface area contributed by atoms with E-state index in [0.29, 0.717) is 46.8 Å². The van der Waals surface area contributed by atoms with Crippen molar-refractivity contribution < 1.29 is 50.5 Å².